The normalized spacial score (nSPS) is 22.8. The van der Waals surface area contributed by atoms with Gasteiger partial charge in [-0.2, -0.15) is 0 Å². The number of benzene rings is 1. The Kier molecular flexibility index (Phi) is 6.50. The van der Waals surface area contributed by atoms with Crippen LogP contribution < -0.4 is 15.4 Å². The third kappa shape index (κ3) is 4.76. The summed E-state index contributed by atoms with van der Waals surface area (Å²) in [5, 5.41) is 4.80. The molecule has 136 valence electrons. The van der Waals surface area contributed by atoms with Gasteiger partial charge in [-0.05, 0) is 43.9 Å². The van der Waals surface area contributed by atoms with E-state index in [1.807, 2.05) is 44.2 Å². The molecule has 0 spiro atoms. The second kappa shape index (κ2) is 8.40. The second-order valence-electron chi connectivity index (χ2n) is 6.02. The molecule has 1 aliphatic rings. The fraction of sp³-hybridized carbons (Fsp3) is 0.444. The molecule has 0 aromatic heterocycles. The van der Waals surface area contributed by atoms with Crippen molar-refractivity contribution in [1.29, 1.82) is 0 Å². The minimum Gasteiger partial charge on any atom is -0.490 e. The van der Waals surface area contributed by atoms with Crippen LogP contribution in [0.1, 0.15) is 19.4 Å². The largest absolute Gasteiger partial charge is 0.490 e. The maximum atomic E-state index is 12.4. The Bertz CT molecular complexity index is 656. The van der Waals surface area contributed by atoms with Crippen LogP contribution >= 0.6 is 11.8 Å². The summed E-state index contributed by atoms with van der Waals surface area (Å²) in [5.41, 5.74) is 0.657. The van der Waals surface area contributed by atoms with Crippen molar-refractivity contribution in [2.45, 2.75) is 31.4 Å². The van der Waals surface area contributed by atoms with Gasteiger partial charge in [0, 0.05) is 13.5 Å². The fourth-order valence-electron chi connectivity index (χ4n) is 2.42. The number of carbonyl (C=O) groups is 2. The summed E-state index contributed by atoms with van der Waals surface area (Å²) in [6, 6.07) is 7.40. The lowest BCUT2D eigenvalue weighted by Gasteiger charge is -2.38. The second-order valence-corrected chi connectivity index (χ2v) is 6.97. The molecule has 0 bridgehead atoms. The molecule has 1 fully saturated rings. The number of methoxy groups -OCH3 is 1. The zero-order chi connectivity index (χ0) is 18.4. The number of nitrogens with one attached hydrogen (secondary N) is 2. The Morgan fingerprint density at radius 1 is 1.28 bits per heavy atom. The van der Waals surface area contributed by atoms with Gasteiger partial charge < -0.3 is 20.1 Å². The van der Waals surface area contributed by atoms with E-state index in [2.05, 4.69) is 10.6 Å². The molecule has 1 aliphatic heterocycles. The van der Waals surface area contributed by atoms with Crippen LogP contribution in [0.5, 0.6) is 5.75 Å². The fourth-order valence-corrected chi connectivity index (χ4v) is 2.92. The molecule has 0 saturated carbocycles. The molecule has 1 aromatic carbocycles. The summed E-state index contributed by atoms with van der Waals surface area (Å²) >= 11 is 1.27. The first-order valence-electron chi connectivity index (χ1n) is 7.96. The minimum absolute atomic E-state index is 0.233. The van der Waals surface area contributed by atoms with Crippen molar-refractivity contribution in [2.75, 3.05) is 20.0 Å². The molecule has 1 aromatic rings. The van der Waals surface area contributed by atoms with E-state index >= 15 is 0 Å². The number of hydrogen-bond donors (Lipinski definition) is 2. The number of carbonyl (C=O) groups excluding carboxylic acids is 2. The number of amides is 2. The van der Waals surface area contributed by atoms with Crippen LogP contribution in [0.15, 0.2) is 35.9 Å². The van der Waals surface area contributed by atoms with E-state index < -0.39 is 11.1 Å². The molecule has 2 atom stereocenters. The van der Waals surface area contributed by atoms with Crippen LogP contribution in [-0.4, -0.2) is 42.9 Å². The molecule has 0 radical (unpaired) electrons. The van der Waals surface area contributed by atoms with E-state index in [0.717, 1.165) is 11.3 Å². The van der Waals surface area contributed by atoms with Gasteiger partial charge >= 0.3 is 0 Å². The third-order valence-corrected chi connectivity index (χ3v) is 4.70. The molecule has 2 unspecified atom stereocenters. The highest BCUT2D eigenvalue weighted by atomic mass is 32.2. The highest BCUT2D eigenvalue weighted by Gasteiger charge is 2.47. The summed E-state index contributed by atoms with van der Waals surface area (Å²) in [6.07, 6.45) is 3.99. The van der Waals surface area contributed by atoms with Crippen LogP contribution in [0.3, 0.4) is 0 Å². The first-order chi connectivity index (χ1) is 11.9. The highest BCUT2D eigenvalue weighted by Crippen LogP contribution is 2.22. The Morgan fingerprint density at radius 3 is 2.52 bits per heavy atom. The van der Waals surface area contributed by atoms with Gasteiger partial charge in [0.15, 0.2) is 5.37 Å². The molecule has 1 saturated heterocycles. The van der Waals surface area contributed by atoms with Gasteiger partial charge in [0.05, 0.1) is 0 Å². The summed E-state index contributed by atoms with van der Waals surface area (Å²) in [6.45, 7) is 4.54. The summed E-state index contributed by atoms with van der Waals surface area (Å²) in [4.78, 5) is 24.6. The molecule has 2 amide bonds. The van der Waals surface area contributed by atoms with Crippen LogP contribution in [0.25, 0.3) is 0 Å². The topological polar surface area (TPSA) is 76.7 Å². The predicted octanol–water partition coefficient (Wildman–Crippen LogP) is 1.85. The average molecular weight is 364 g/mol. The standard InChI is InChI=1S/C18H24N2O4S/c1-12(2)9-10-24-14-7-5-13(6-8-14)11-18(23-3)17(22)19-16(25-4)15(21)20-18/h5-9,16H,10-11H2,1-4H3,(H,19,22)(H,20,21). The number of hydrogen-bond acceptors (Lipinski definition) is 5. The number of thioether (sulfide) groups is 1. The summed E-state index contributed by atoms with van der Waals surface area (Å²) < 4.78 is 11.0. The van der Waals surface area contributed by atoms with E-state index in [1.165, 1.54) is 24.4 Å². The maximum absolute atomic E-state index is 12.4. The van der Waals surface area contributed by atoms with Crippen LogP contribution in [0.2, 0.25) is 0 Å². The van der Waals surface area contributed by atoms with Crippen LogP contribution in [0, 0.1) is 0 Å². The number of rotatable bonds is 7. The average Bonchev–Trinajstić information content (AvgIpc) is 2.59. The smallest absolute Gasteiger partial charge is 0.275 e. The number of ether oxygens (including phenoxy) is 2. The van der Waals surface area contributed by atoms with Crippen molar-refractivity contribution < 1.29 is 19.1 Å². The van der Waals surface area contributed by atoms with E-state index in [1.54, 1.807) is 6.26 Å². The first kappa shape index (κ1) is 19.3. The van der Waals surface area contributed by atoms with Crippen molar-refractivity contribution in [2.24, 2.45) is 0 Å². The molecule has 0 aliphatic carbocycles. The minimum atomic E-state index is -1.40. The zero-order valence-electron chi connectivity index (χ0n) is 14.9. The molecule has 1 heterocycles. The summed E-state index contributed by atoms with van der Waals surface area (Å²) in [7, 11) is 1.41. The Labute approximate surface area is 152 Å². The van der Waals surface area contributed by atoms with Crippen molar-refractivity contribution in [3.63, 3.8) is 0 Å². The van der Waals surface area contributed by atoms with Gasteiger partial charge in [-0.25, -0.2) is 0 Å². The van der Waals surface area contributed by atoms with E-state index in [-0.39, 0.29) is 18.2 Å². The SMILES string of the molecule is COC1(Cc2ccc(OCC=C(C)C)cc2)NC(=O)C(SC)NC1=O. The van der Waals surface area contributed by atoms with Crippen LogP contribution in [0.4, 0.5) is 0 Å². The molecular formula is C18H24N2O4S. The molecule has 2 N–H and O–H groups in total. The molecular weight excluding hydrogens is 340 g/mol. The monoisotopic (exact) mass is 364 g/mol. The van der Waals surface area contributed by atoms with Crippen molar-refractivity contribution >= 4 is 23.6 Å². The van der Waals surface area contributed by atoms with Gasteiger partial charge in [0.1, 0.15) is 12.4 Å². The van der Waals surface area contributed by atoms with Crippen LogP contribution in [-0.2, 0) is 20.7 Å². The highest BCUT2D eigenvalue weighted by molar-refractivity contribution is 7.99. The Hall–Kier alpha value is -1.99. The van der Waals surface area contributed by atoms with Gasteiger partial charge in [-0.15, -0.1) is 11.8 Å². The van der Waals surface area contributed by atoms with Gasteiger partial charge in [-0.3, -0.25) is 9.59 Å². The lowest BCUT2D eigenvalue weighted by Crippen LogP contribution is -2.70. The van der Waals surface area contributed by atoms with Gasteiger partial charge in [-0.1, -0.05) is 17.7 Å². The van der Waals surface area contributed by atoms with E-state index in [4.69, 9.17) is 9.47 Å². The van der Waals surface area contributed by atoms with Crippen molar-refractivity contribution in [3.8, 4) is 5.75 Å². The zero-order valence-corrected chi connectivity index (χ0v) is 15.7. The summed E-state index contributed by atoms with van der Waals surface area (Å²) in [5.74, 6) is 0.126. The maximum Gasteiger partial charge on any atom is 0.275 e. The number of allylic oxidation sites excluding steroid dienone is 1. The Balaban J connectivity index is 2.07. The van der Waals surface area contributed by atoms with Crippen molar-refractivity contribution in [3.05, 3.63) is 41.5 Å². The quantitative estimate of drug-likeness (QED) is 0.722. The van der Waals surface area contributed by atoms with Gasteiger partial charge in [0.25, 0.3) is 11.8 Å². The molecule has 2 rings (SSSR count). The van der Waals surface area contributed by atoms with E-state index in [0.29, 0.717) is 6.61 Å². The van der Waals surface area contributed by atoms with Crippen molar-refractivity contribution in [1.82, 2.24) is 10.6 Å². The first-order valence-corrected chi connectivity index (χ1v) is 9.25. The van der Waals surface area contributed by atoms with Gasteiger partial charge in [0.2, 0.25) is 5.72 Å². The molecule has 6 nitrogen and oxygen atoms in total. The molecule has 25 heavy (non-hydrogen) atoms. The van der Waals surface area contributed by atoms with E-state index in [9.17, 15) is 9.59 Å². The lowest BCUT2D eigenvalue weighted by molar-refractivity contribution is -0.159. The Morgan fingerprint density at radius 2 is 1.96 bits per heavy atom. The number of piperazine rings is 1. The third-order valence-electron chi connectivity index (χ3n) is 3.89. The predicted molar refractivity (Wildman–Crippen MR) is 98.4 cm³/mol. The molecule has 7 heteroatoms. The lowest BCUT2D eigenvalue weighted by atomic mass is 9.99.